The Morgan fingerprint density at radius 1 is 1.38 bits per heavy atom. The highest BCUT2D eigenvalue weighted by atomic mass is 19.4. The second-order valence-electron chi connectivity index (χ2n) is 3.62. The summed E-state index contributed by atoms with van der Waals surface area (Å²) in [7, 11) is 0. The SMILES string of the molecule is O=C1c2ccc(O)cc2CN1CC(F)(F)F. The van der Waals surface area contributed by atoms with Gasteiger partial charge in [0.05, 0.1) is 0 Å². The zero-order valence-electron chi connectivity index (χ0n) is 8.08. The molecule has 0 bridgehead atoms. The van der Waals surface area contributed by atoms with E-state index in [-0.39, 0.29) is 17.9 Å². The van der Waals surface area contributed by atoms with Crippen LogP contribution < -0.4 is 0 Å². The van der Waals surface area contributed by atoms with Crippen LogP contribution in [0, 0.1) is 0 Å². The van der Waals surface area contributed by atoms with Crippen LogP contribution in [-0.4, -0.2) is 28.6 Å². The number of nitrogens with zero attached hydrogens (tertiary/aromatic N) is 1. The average molecular weight is 231 g/mol. The van der Waals surface area contributed by atoms with Gasteiger partial charge < -0.3 is 10.0 Å². The number of phenolic OH excluding ortho intramolecular Hbond substituents is 1. The van der Waals surface area contributed by atoms with Crippen molar-refractivity contribution < 1.29 is 23.1 Å². The molecule has 0 saturated heterocycles. The molecule has 1 heterocycles. The lowest BCUT2D eigenvalue weighted by atomic mass is 10.1. The molecule has 0 saturated carbocycles. The van der Waals surface area contributed by atoms with Gasteiger partial charge in [-0.1, -0.05) is 0 Å². The van der Waals surface area contributed by atoms with Crippen molar-refractivity contribution in [2.75, 3.05) is 6.54 Å². The van der Waals surface area contributed by atoms with Crippen LogP contribution in [0.1, 0.15) is 15.9 Å². The summed E-state index contributed by atoms with van der Waals surface area (Å²) < 4.78 is 36.4. The standard InChI is InChI=1S/C10H8F3NO2/c11-10(12,13)5-14-4-6-3-7(15)1-2-8(6)9(14)16/h1-3,15H,4-5H2. The molecule has 0 fully saturated rings. The summed E-state index contributed by atoms with van der Waals surface area (Å²) in [6, 6.07) is 3.93. The summed E-state index contributed by atoms with van der Waals surface area (Å²) in [6.45, 7) is -1.37. The van der Waals surface area contributed by atoms with Gasteiger partial charge in [-0.3, -0.25) is 4.79 Å². The highest BCUT2D eigenvalue weighted by Crippen LogP contribution is 2.28. The van der Waals surface area contributed by atoms with Crippen molar-refractivity contribution in [1.82, 2.24) is 4.90 Å². The second-order valence-corrected chi connectivity index (χ2v) is 3.62. The smallest absolute Gasteiger partial charge is 0.406 e. The molecule has 6 heteroatoms. The topological polar surface area (TPSA) is 40.5 Å². The van der Waals surface area contributed by atoms with E-state index < -0.39 is 18.6 Å². The van der Waals surface area contributed by atoms with E-state index in [1.54, 1.807) is 0 Å². The van der Waals surface area contributed by atoms with Crippen LogP contribution >= 0.6 is 0 Å². The van der Waals surface area contributed by atoms with Crippen molar-refractivity contribution in [2.45, 2.75) is 12.7 Å². The van der Waals surface area contributed by atoms with Crippen molar-refractivity contribution in [3.63, 3.8) is 0 Å². The van der Waals surface area contributed by atoms with E-state index in [1.165, 1.54) is 18.2 Å². The Bertz CT molecular complexity index is 442. The number of fused-ring (bicyclic) bond motifs is 1. The molecule has 2 rings (SSSR count). The molecule has 16 heavy (non-hydrogen) atoms. The number of hydrogen-bond donors (Lipinski definition) is 1. The van der Waals surface area contributed by atoms with Crippen molar-refractivity contribution in [2.24, 2.45) is 0 Å². The maximum absolute atomic E-state index is 12.1. The monoisotopic (exact) mass is 231 g/mol. The normalized spacial score (nSPS) is 15.4. The number of alkyl halides is 3. The zero-order valence-corrected chi connectivity index (χ0v) is 8.08. The maximum atomic E-state index is 12.1. The van der Waals surface area contributed by atoms with E-state index in [2.05, 4.69) is 0 Å². The lowest BCUT2D eigenvalue weighted by molar-refractivity contribution is -0.140. The summed E-state index contributed by atoms with van der Waals surface area (Å²) in [5, 5.41) is 9.15. The molecule has 0 unspecified atom stereocenters. The lowest BCUT2D eigenvalue weighted by Gasteiger charge is -2.17. The van der Waals surface area contributed by atoms with Crippen molar-refractivity contribution in [3.8, 4) is 5.75 Å². The zero-order chi connectivity index (χ0) is 11.9. The minimum absolute atomic E-state index is 0.0552. The number of phenols is 1. The van der Waals surface area contributed by atoms with E-state index in [9.17, 15) is 18.0 Å². The van der Waals surface area contributed by atoms with E-state index in [4.69, 9.17) is 5.11 Å². The molecule has 1 amide bonds. The van der Waals surface area contributed by atoms with E-state index >= 15 is 0 Å². The Morgan fingerprint density at radius 2 is 2.06 bits per heavy atom. The first-order valence-electron chi connectivity index (χ1n) is 4.55. The number of benzene rings is 1. The number of carbonyl (C=O) groups is 1. The molecule has 1 aliphatic rings. The van der Waals surface area contributed by atoms with Crippen molar-refractivity contribution in [1.29, 1.82) is 0 Å². The van der Waals surface area contributed by atoms with Crippen LogP contribution in [0.3, 0.4) is 0 Å². The van der Waals surface area contributed by atoms with Crippen LogP contribution in [0.5, 0.6) is 5.75 Å². The Morgan fingerprint density at radius 3 is 2.69 bits per heavy atom. The number of rotatable bonds is 1. The number of aromatic hydroxyl groups is 1. The lowest BCUT2D eigenvalue weighted by Crippen LogP contribution is -2.34. The highest BCUT2D eigenvalue weighted by Gasteiger charge is 2.37. The average Bonchev–Trinajstić information content (AvgIpc) is 2.40. The maximum Gasteiger partial charge on any atom is 0.406 e. The third-order valence-corrected chi connectivity index (χ3v) is 2.34. The van der Waals surface area contributed by atoms with Gasteiger partial charge in [-0.2, -0.15) is 13.2 Å². The highest BCUT2D eigenvalue weighted by molar-refractivity contribution is 5.98. The Kier molecular flexibility index (Phi) is 2.29. The third kappa shape index (κ3) is 1.95. The van der Waals surface area contributed by atoms with Gasteiger partial charge in [0, 0.05) is 12.1 Å². The fourth-order valence-electron chi connectivity index (χ4n) is 1.71. The van der Waals surface area contributed by atoms with Gasteiger partial charge in [0.15, 0.2) is 0 Å². The summed E-state index contributed by atoms with van der Waals surface area (Å²) >= 11 is 0. The van der Waals surface area contributed by atoms with Gasteiger partial charge in [-0.05, 0) is 23.8 Å². The first-order chi connectivity index (χ1) is 7.37. The van der Waals surface area contributed by atoms with Gasteiger partial charge in [0.1, 0.15) is 12.3 Å². The fourth-order valence-corrected chi connectivity index (χ4v) is 1.71. The van der Waals surface area contributed by atoms with Crippen LogP contribution in [0.4, 0.5) is 13.2 Å². The molecule has 0 aliphatic carbocycles. The molecule has 1 N–H and O–H groups in total. The summed E-state index contributed by atoms with van der Waals surface area (Å²) in [6.07, 6.45) is -4.40. The summed E-state index contributed by atoms with van der Waals surface area (Å²) in [5.74, 6) is -0.701. The molecular formula is C10H8F3NO2. The first kappa shape index (κ1) is 10.8. The fraction of sp³-hybridized carbons (Fsp3) is 0.300. The molecule has 0 spiro atoms. The number of amides is 1. The van der Waals surface area contributed by atoms with Gasteiger partial charge in [-0.15, -0.1) is 0 Å². The van der Waals surface area contributed by atoms with Gasteiger partial charge >= 0.3 is 6.18 Å². The van der Waals surface area contributed by atoms with Crippen LogP contribution in [0.25, 0.3) is 0 Å². The summed E-state index contributed by atoms with van der Waals surface area (Å²) in [4.78, 5) is 12.2. The van der Waals surface area contributed by atoms with E-state index in [0.717, 1.165) is 0 Å². The molecule has 0 atom stereocenters. The first-order valence-corrected chi connectivity index (χ1v) is 4.55. The minimum atomic E-state index is -4.40. The Balaban J connectivity index is 2.24. The molecule has 86 valence electrons. The van der Waals surface area contributed by atoms with Crippen LogP contribution in [-0.2, 0) is 6.54 Å². The minimum Gasteiger partial charge on any atom is -0.508 e. The molecule has 1 aromatic carbocycles. The van der Waals surface area contributed by atoms with Gasteiger partial charge in [0.25, 0.3) is 5.91 Å². The van der Waals surface area contributed by atoms with E-state index in [0.29, 0.717) is 10.5 Å². The largest absolute Gasteiger partial charge is 0.508 e. The predicted molar refractivity (Wildman–Crippen MR) is 48.9 cm³/mol. The number of halogens is 3. The van der Waals surface area contributed by atoms with Crippen LogP contribution in [0.15, 0.2) is 18.2 Å². The number of hydrogen-bond acceptors (Lipinski definition) is 2. The van der Waals surface area contributed by atoms with Gasteiger partial charge in [-0.25, -0.2) is 0 Å². The molecule has 1 aliphatic heterocycles. The van der Waals surface area contributed by atoms with Crippen LogP contribution in [0.2, 0.25) is 0 Å². The van der Waals surface area contributed by atoms with E-state index in [1.807, 2.05) is 0 Å². The quantitative estimate of drug-likeness (QED) is 0.802. The van der Waals surface area contributed by atoms with Crippen molar-refractivity contribution in [3.05, 3.63) is 29.3 Å². The summed E-state index contributed by atoms with van der Waals surface area (Å²) in [5.41, 5.74) is 0.649. The second kappa shape index (κ2) is 3.40. The molecular weight excluding hydrogens is 223 g/mol. The predicted octanol–water partition coefficient (Wildman–Crippen LogP) is 1.91. The molecule has 3 nitrogen and oxygen atoms in total. The number of carbonyl (C=O) groups excluding carboxylic acids is 1. The Labute approximate surface area is 89.1 Å². The third-order valence-electron chi connectivity index (χ3n) is 2.34. The molecule has 0 aromatic heterocycles. The molecule has 1 aromatic rings. The van der Waals surface area contributed by atoms with Crippen molar-refractivity contribution >= 4 is 5.91 Å². The van der Waals surface area contributed by atoms with Gasteiger partial charge in [0.2, 0.25) is 0 Å². The Hall–Kier alpha value is -1.72. The molecule has 0 radical (unpaired) electrons.